The molecule has 0 saturated carbocycles. The molecular formula is C20H22N2O4S2. The van der Waals surface area contributed by atoms with E-state index >= 15 is 0 Å². The minimum absolute atomic E-state index is 0.256. The van der Waals surface area contributed by atoms with Crippen LogP contribution in [0.2, 0.25) is 0 Å². The molecule has 0 N–H and O–H groups in total. The minimum atomic E-state index is -0.386. The fourth-order valence-electron chi connectivity index (χ4n) is 2.60. The van der Waals surface area contributed by atoms with Crippen LogP contribution in [0.15, 0.2) is 41.0 Å². The van der Waals surface area contributed by atoms with Crippen molar-refractivity contribution in [2.75, 3.05) is 26.9 Å². The number of thiophene rings is 1. The molecule has 1 atom stereocenters. The fourth-order valence-corrected chi connectivity index (χ4v) is 4.51. The number of carbonyl (C=O) groups is 1. The topological polar surface area (TPSA) is 70.5 Å². The second-order valence-electron chi connectivity index (χ2n) is 5.86. The number of carbonyl (C=O) groups excluding carboxylic acids is 1. The number of rotatable bonds is 9. The largest absolute Gasteiger partial charge is 0.497 e. The number of aromatic nitrogens is 2. The van der Waals surface area contributed by atoms with Gasteiger partial charge >= 0.3 is 5.97 Å². The lowest BCUT2D eigenvalue weighted by atomic mass is 10.1. The molecule has 0 saturated heterocycles. The Labute approximate surface area is 172 Å². The van der Waals surface area contributed by atoms with E-state index in [4.69, 9.17) is 14.2 Å². The molecule has 28 heavy (non-hydrogen) atoms. The van der Waals surface area contributed by atoms with E-state index in [1.54, 1.807) is 18.4 Å². The van der Waals surface area contributed by atoms with Gasteiger partial charge in [-0.1, -0.05) is 23.9 Å². The predicted molar refractivity (Wildman–Crippen MR) is 112 cm³/mol. The summed E-state index contributed by atoms with van der Waals surface area (Å²) in [6.07, 6.45) is 1.53. The Morgan fingerprint density at radius 1 is 1.21 bits per heavy atom. The number of benzene rings is 1. The van der Waals surface area contributed by atoms with Crippen molar-refractivity contribution in [3.8, 4) is 16.9 Å². The maximum atomic E-state index is 12.3. The molecule has 0 fully saturated rings. The number of hydrogen-bond donors (Lipinski definition) is 0. The van der Waals surface area contributed by atoms with Gasteiger partial charge in [-0.2, -0.15) is 0 Å². The summed E-state index contributed by atoms with van der Waals surface area (Å²) in [4.78, 5) is 22.0. The SMILES string of the molecule is CCOCCOC(=O)[C@@H](C)Sc1ncnc2scc(-c3ccc(OC)cc3)c12. The van der Waals surface area contributed by atoms with Crippen LogP contribution in [0.1, 0.15) is 13.8 Å². The first-order valence-electron chi connectivity index (χ1n) is 8.91. The van der Waals surface area contributed by atoms with Crippen molar-refractivity contribution < 1.29 is 19.0 Å². The first-order chi connectivity index (χ1) is 13.6. The third kappa shape index (κ3) is 4.81. The van der Waals surface area contributed by atoms with Crippen LogP contribution in [0.5, 0.6) is 5.75 Å². The van der Waals surface area contributed by atoms with E-state index in [2.05, 4.69) is 15.3 Å². The van der Waals surface area contributed by atoms with Gasteiger partial charge in [0.25, 0.3) is 0 Å². The van der Waals surface area contributed by atoms with Crippen molar-refractivity contribution >= 4 is 39.3 Å². The molecule has 0 spiro atoms. The molecule has 0 aliphatic rings. The highest BCUT2D eigenvalue weighted by Crippen LogP contribution is 2.39. The number of ether oxygens (including phenoxy) is 3. The lowest BCUT2D eigenvalue weighted by Crippen LogP contribution is -2.19. The van der Waals surface area contributed by atoms with Crippen LogP contribution in [-0.4, -0.2) is 48.1 Å². The van der Waals surface area contributed by atoms with Gasteiger partial charge in [0.05, 0.1) is 19.1 Å². The fraction of sp³-hybridized carbons (Fsp3) is 0.350. The standard InChI is InChI=1S/C20H22N2O4S2/c1-4-25-9-10-26-20(23)13(2)28-19-17-16(11-27-18(17)21-12-22-19)14-5-7-15(24-3)8-6-14/h5-8,11-13H,4,9-10H2,1-3H3/t13-/m1/s1. The molecule has 0 amide bonds. The number of methoxy groups -OCH3 is 1. The Hall–Kier alpha value is -2.16. The Balaban J connectivity index is 1.81. The highest BCUT2D eigenvalue weighted by atomic mass is 32.2. The Morgan fingerprint density at radius 2 is 2.00 bits per heavy atom. The molecule has 8 heteroatoms. The zero-order chi connectivity index (χ0) is 19.9. The van der Waals surface area contributed by atoms with E-state index in [0.717, 1.165) is 32.1 Å². The number of esters is 1. The van der Waals surface area contributed by atoms with Crippen LogP contribution in [-0.2, 0) is 14.3 Å². The minimum Gasteiger partial charge on any atom is -0.497 e. The van der Waals surface area contributed by atoms with Crippen LogP contribution < -0.4 is 4.74 Å². The molecule has 148 valence electrons. The second-order valence-corrected chi connectivity index (χ2v) is 8.05. The van der Waals surface area contributed by atoms with E-state index in [9.17, 15) is 4.79 Å². The molecular weight excluding hydrogens is 396 g/mol. The van der Waals surface area contributed by atoms with Crippen molar-refractivity contribution in [2.24, 2.45) is 0 Å². The van der Waals surface area contributed by atoms with E-state index in [1.807, 2.05) is 38.1 Å². The Kier molecular flexibility index (Phi) is 7.24. The van der Waals surface area contributed by atoms with E-state index in [0.29, 0.717) is 13.2 Å². The van der Waals surface area contributed by atoms with E-state index in [1.165, 1.54) is 18.1 Å². The number of fused-ring (bicyclic) bond motifs is 1. The average Bonchev–Trinajstić information content (AvgIpc) is 3.16. The summed E-state index contributed by atoms with van der Waals surface area (Å²) >= 11 is 2.94. The van der Waals surface area contributed by atoms with Gasteiger partial charge in [0.1, 0.15) is 33.8 Å². The molecule has 2 aromatic heterocycles. The van der Waals surface area contributed by atoms with Crippen molar-refractivity contribution in [1.29, 1.82) is 0 Å². The third-order valence-electron chi connectivity index (χ3n) is 4.03. The van der Waals surface area contributed by atoms with Crippen LogP contribution in [0.3, 0.4) is 0 Å². The number of hydrogen-bond acceptors (Lipinski definition) is 8. The number of thioether (sulfide) groups is 1. The van der Waals surface area contributed by atoms with Gasteiger partial charge in [0.15, 0.2) is 0 Å². The zero-order valence-electron chi connectivity index (χ0n) is 16.0. The normalized spacial score (nSPS) is 12.1. The van der Waals surface area contributed by atoms with Gasteiger partial charge in [-0.3, -0.25) is 4.79 Å². The van der Waals surface area contributed by atoms with Gasteiger partial charge in [0, 0.05) is 17.6 Å². The lowest BCUT2D eigenvalue weighted by Gasteiger charge is -2.12. The molecule has 3 rings (SSSR count). The molecule has 0 aliphatic heterocycles. The molecule has 0 aliphatic carbocycles. The maximum absolute atomic E-state index is 12.3. The van der Waals surface area contributed by atoms with Gasteiger partial charge in [-0.05, 0) is 31.5 Å². The van der Waals surface area contributed by atoms with Crippen molar-refractivity contribution in [3.05, 3.63) is 36.0 Å². The first kappa shape index (κ1) is 20.6. The summed E-state index contributed by atoms with van der Waals surface area (Å²) in [7, 11) is 1.65. The summed E-state index contributed by atoms with van der Waals surface area (Å²) in [6.45, 7) is 4.99. The average molecular weight is 419 g/mol. The maximum Gasteiger partial charge on any atom is 0.319 e. The van der Waals surface area contributed by atoms with Crippen LogP contribution in [0, 0.1) is 0 Å². The van der Waals surface area contributed by atoms with E-state index < -0.39 is 0 Å². The Morgan fingerprint density at radius 3 is 2.71 bits per heavy atom. The van der Waals surface area contributed by atoms with Crippen LogP contribution >= 0.6 is 23.1 Å². The summed E-state index contributed by atoms with van der Waals surface area (Å²) in [5.74, 6) is 0.523. The van der Waals surface area contributed by atoms with Crippen molar-refractivity contribution in [1.82, 2.24) is 9.97 Å². The quantitative estimate of drug-likeness (QED) is 0.220. The van der Waals surface area contributed by atoms with E-state index in [-0.39, 0.29) is 17.8 Å². The summed E-state index contributed by atoms with van der Waals surface area (Å²) in [6, 6.07) is 7.86. The molecule has 2 heterocycles. The summed E-state index contributed by atoms with van der Waals surface area (Å²) in [5.41, 5.74) is 2.10. The van der Waals surface area contributed by atoms with Crippen molar-refractivity contribution in [3.63, 3.8) is 0 Å². The molecule has 0 bridgehead atoms. The molecule has 0 unspecified atom stereocenters. The highest BCUT2D eigenvalue weighted by Gasteiger charge is 2.20. The smallest absolute Gasteiger partial charge is 0.319 e. The zero-order valence-corrected chi connectivity index (χ0v) is 17.6. The monoisotopic (exact) mass is 418 g/mol. The molecule has 6 nitrogen and oxygen atoms in total. The first-order valence-corrected chi connectivity index (χ1v) is 10.7. The molecule has 1 aromatic carbocycles. The summed E-state index contributed by atoms with van der Waals surface area (Å²) in [5, 5.41) is 3.40. The molecule has 0 radical (unpaired) electrons. The van der Waals surface area contributed by atoms with Crippen molar-refractivity contribution in [2.45, 2.75) is 24.1 Å². The van der Waals surface area contributed by atoms with Gasteiger partial charge in [-0.15, -0.1) is 11.3 Å². The number of nitrogens with zero attached hydrogens (tertiary/aromatic N) is 2. The predicted octanol–water partition coefficient (Wildman–Crippen LogP) is 4.43. The highest BCUT2D eigenvalue weighted by molar-refractivity contribution is 8.00. The van der Waals surface area contributed by atoms with Crippen LogP contribution in [0.4, 0.5) is 0 Å². The van der Waals surface area contributed by atoms with Gasteiger partial charge in [0.2, 0.25) is 0 Å². The molecule has 3 aromatic rings. The van der Waals surface area contributed by atoms with Gasteiger partial charge < -0.3 is 14.2 Å². The Bertz CT molecular complexity index is 928. The summed E-state index contributed by atoms with van der Waals surface area (Å²) < 4.78 is 15.7. The lowest BCUT2D eigenvalue weighted by molar-refractivity contribution is -0.144. The van der Waals surface area contributed by atoms with Gasteiger partial charge in [-0.25, -0.2) is 9.97 Å². The van der Waals surface area contributed by atoms with Crippen LogP contribution in [0.25, 0.3) is 21.3 Å². The second kappa shape index (κ2) is 9.86. The third-order valence-corrected chi connectivity index (χ3v) is 6.00.